The monoisotopic (exact) mass is 682 g/mol. The molecule has 2 unspecified atom stereocenters. The third kappa shape index (κ3) is 22.0. The van der Waals surface area contributed by atoms with E-state index in [9.17, 15) is 0 Å². The van der Waals surface area contributed by atoms with E-state index in [0.717, 1.165) is 12.8 Å². The Morgan fingerprint density at radius 3 is 0.918 bits per heavy atom. The van der Waals surface area contributed by atoms with Crippen LogP contribution in [0.25, 0.3) is 0 Å². The maximum Gasteiger partial charge on any atom is 0.109 e. The van der Waals surface area contributed by atoms with Gasteiger partial charge in [0.05, 0.1) is 12.3 Å². The number of imidazole rings is 2. The van der Waals surface area contributed by atoms with Crippen molar-refractivity contribution in [3.8, 4) is 0 Å². The molecule has 284 valence electrons. The van der Waals surface area contributed by atoms with E-state index in [-0.39, 0.29) is 12.3 Å². The molecule has 2 aromatic rings. The Morgan fingerprint density at radius 2 is 0.653 bits per heavy atom. The lowest BCUT2D eigenvalue weighted by Crippen LogP contribution is -2.31. The minimum atomic E-state index is 0.199. The maximum absolute atomic E-state index is 4.74. The summed E-state index contributed by atoms with van der Waals surface area (Å²) in [7, 11) is 0. The van der Waals surface area contributed by atoms with Crippen molar-refractivity contribution in [3.63, 3.8) is 0 Å². The van der Waals surface area contributed by atoms with Crippen LogP contribution in [0.3, 0.4) is 0 Å². The zero-order valence-corrected chi connectivity index (χ0v) is 33.4. The first kappa shape index (κ1) is 43.5. The van der Waals surface area contributed by atoms with E-state index in [1.807, 2.05) is 12.4 Å². The number of hydrogen-bond acceptors (Lipinski definition) is 3. The molecule has 2 atom stereocenters. The van der Waals surface area contributed by atoms with Crippen LogP contribution in [0.15, 0.2) is 24.8 Å². The molecule has 2 rings (SSSR count). The van der Waals surface area contributed by atoms with Gasteiger partial charge in [-0.2, -0.15) is 0 Å². The third-order valence-corrected chi connectivity index (χ3v) is 10.8. The topological polar surface area (TPSA) is 47.7 Å². The van der Waals surface area contributed by atoms with Gasteiger partial charge in [0.2, 0.25) is 0 Å². The van der Waals surface area contributed by atoms with Gasteiger partial charge in [-0.25, -0.2) is 9.97 Å². The van der Waals surface area contributed by atoms with E-state index in [4.69, 9.17) is 9.97 Å². The van der Waals surface area contributed by atoms with Gasteiger partial charge in [0, 0.05) is 37.6 Å². The molecule has 0 radical (unpaired) electrons. The van der Waals surface area contributed by atoms with Crippen LogP contribution in [0, 0.1) is 0 Å². The molecule has 0 fully saturated rings. The Kier molecular flexibility index (Phi) is 27.7. The Labute approximate surface area is 305 Å². The normalized spacial score (nSPS) is 13.0. The van der Waals surface area contributed by atoms with Crippen LogP contribution in [0.4, 0.5) is 0 Å². The molecule has 5 nitrogen and oxygen atoms in total. The van der Waals surface area contributed by atoms with Gasteiger partial charge >= 0.3 is 0 Å². The first-order chi connectivity index (χ1) is 24.2. The van der Waals surface area contributed by atoms with Gasteiger partial charge in [0.1, 0.15) is 11.6 Å². The minimum Gasteiger partial charge on any atom is -0.319 e. The van der Waals surface area contributed by atoms with Gasteiger partial charge < -0.3 is 9.13 Å². The lowest BCUT2D eigenvalue weighted by molar-refractivity contribution is 0.315. The summed E-state index contributed by atoms with van der Waals surface area (Å²) in [5.41, 5.74) is 0. The number of aromatic nitrogens is 4. The molecule has 0 saturated heterocycles. The zero-order chi connectivity index (χ0) is 35.0. The molecule has 0 saturated carbocycles. The number of aryl methyl sites for hydroxylation is 2. The summed E-state index contributed by atoms with van der Waals surface area (Å²) >= 11 is 0. The van der Waals surface area contributed by atoms with Gasteiger partial charge in [0.15, 0.2) is 0 Å². The Balaban J connectivity index is 1.50. The highest BCUT2D eigenvalue weighted by Crippen LogP contribution is 2.19. The molecule has 0 aliphatic rings. The van der Waals surface area contributed by atoms with Crippen molar-refractivity contribution >= 4 is 0 Å². The predicted octanol–water partition coefficient (Wildman–Crippen LogP) is 14.2. The predicted molar refractivity (Wildman–Crippen MR) is 214 cm³/mol. The van der Waals surface area contributed by atoms with Crippen molar-refractivity contribution in [2.24, 2.45) is 0 Å². The Bertz CT molecular complexity index is 888. The van der Waals surface area contributed by atoms with Crippen LogP contribution < -0.4 is 5.32 Å². The summed E-state index contributed by atoms with van der Waals surface area (Å²) in [4.78, 5) is 9.47. The number of rotatable bonds is 36. The van der Waals surface area contributed by atoms with Crippen LogP contribution in [0.1, 0.15) is 244 Å². The van der Waals surface area contributed by atoms with Crippen molar-refractivity contribution < 1.29 is 0 Å². The van der Waals surface area contributed by atoms with Gasteiger partial charge in [-0.15, -0.1) is 0 Å². The average Bonchev–Trinajstić information content (AvgIpc) is 3.78. The maximum atomic E-state index is 4.74. The standard InChI is InChI=1S/C44H83N5/c1-5-7-9-11-13-15-17-19-21-23-25-27-29-31-33-35-43-45-37-39-48(43)41(3)47-42(4)49-40-38-46-44(49)36-34-32-30-28-26-24-22-20-18-16-14-12-10-8-6-2/h37-42,47H,5-36H2,1-4H3. The molecular formula is C44H83N5. The summed E-state index contributed by atoms with van der Waals surface area (Å²) < 4.78 is 4.68. The third-order valence-electron chi connectivity index (χ3n) is 10.8. The highest BCUT2D eigenvalue weighted by molar-refractivity contribution is 4.97. The first-order valence-corrected chi connectivity index (χ1v) is 22.0. The second-order valence-corrected chi connectivity index (χ2v) is 15.4. The van der Waals surface area contributed by atoms with Crippen molar-refractivity contribution in [2.45, 2.75) is 245 Å². The van der Waals surface area contributed by atoms with E-state index >= 15 is 0 Å². The zero-order valence-electron chi connectivity index (χ0n) is 33.4. The molecule has 2 aromatic heterocycles. The number of hydrogen-bond donors (Lipinski definition) is 1. The van der Waals surface area contributed by atoms with E-state index in [0.29, 0.717) is 0 Å². The largest absolute Gasteiger partial charge is 0.319 e. The van der Waals surface area contributed by atoms with Crippen LogP contribution in [0.2, 0.25) is 0 Å². The summed E-state index contributed by atoms with van der Waals surface area (Å²) in [6.45, 7) is 9.13. The molecule has 0 spiro atoms. The molecular weight excluding hydrogens is 599 g/mol. The number of nitrogens with zero attached hydrogens (tertiary/aromatic N) is 4. The fourth-order valence-corrected chi connectivity index (χ4v) is 7.60. The van der Waals surface area contributed by atoms with E-state index in [1.165, 1.54) is 204 Å². The smallest absolute Gasteiger partial charge is 0.109 e. The van der Waals surface area contributed by atoms with Crippen molar-refractivity contribution in [1.29, 1.82) is 0 Å². The average molecular weight is 682 g/mol. The van der Waals surface area contributed by atoms with E-state index < -0.39 is 0 Å². The fraction of sp³-hybridized carbons (Fsp3) is 0.864. The highest BCUT2D eigenvalue weighted by Gasteiger charge is 2.15. The molecule has 2 heterocycles. The van der Waals surface area contributed by atoms with Crippen LogP contribution in [0.5, 0.6) is 0 Å². The first-order valence-electron chi connectivity index (χ1n) is 22.0. The summed E-state index contributed by atoms with van der Waals surface area (Å²) in [6, 6.07) is 0. The second kappa shape index (κ2) is 31.1. The molecule has 0 bridgehead atoms. The van der Waals surface area contributed by atoms with E-state index in [1.54, 1.807) is 0 Å². The molecule has 0 aliphatic heterocycles. The molecule has 49 heavy (non-hydrogen) atoms. The lowest BCUT2D eigenvalue weighted by atomic mass is 10.0. The van der Waals surface area contributed by atoms with Gasteiger partial charge in [-0.1, -0.05) is 194 Å². The molecule has 0 aliphatic carbocycles. The minimum absolute atomic E-state index is 0.199. The van der Waals surface area contributed by atoms with Crippen molar-refractivity contribution in [2.75, 3.05) is 0 Å². The molecule has 5 heteroatoms. The fourth-order valence-electron chi connectivity index (χ4n) is 7.60. The van der Waals surface area contributed by atoms with Crippen molar-refractivity contribution in [3.05, 3.63) is 36.4 Å². The van der Waals surface area contributed by atoms with Gasteiger partial charge in [0.25, 0.3) is 0 Å². The SMILES string of the molecule is CCCCCCCCCCCCCCCCCc1nccn1C(C)NC(C)n1ccnc1CCCCCCCCCCCCCCCCC. The summed E-state index contributed by atoms with van der Waals surface area (Å²) in [5.74, 6) is 2.43. The summed E-state index contributed by atoms with van der Waals surface area (Å²) in [5, 5.41) is 3.82. The summed E-state index contributed by atoms with van der Waals surface area (Å²) in [6.07, 6.45) is 53.0. The van der Waals surface area contributed by atoms with E-state index in [2.05, 4.69) is 54.5 Å². The quantitative estimate of drug-likeness (QED) is 0.0728. The van der Waals surface area contributed by atoms with Crippen LogP contribution in [-0.4, -0.2) is 19.1 Å². The van der Waals surface area contributed by atoms with Gasteiger partial charge in [-0.3, -0.25) is 5.32 Å². The Morgan fingerprint density at radius 1 is 0.408 bits per heavy atom. The second-order valence-electron chi connectivity index (χ2n) is 15.4. The number of unbranched alkanes of at least 4 members (excludes halogenated alkanes) is 28. The van der Waals surface area contributed by atoms with Crippen LogP contribution in [-0.2, 0) is 12.8 Å². The molecule has 1 N–H and O–H groups in total. The van der Waals surface area contributed by atoms with Gasteiger partial charge in [-0.05, 0) is 26.7 Å². The van der Waals surface area contributed by atoms with Crippen LogP contribution >= 0.6 is 0 Å². The van der Waals surface area contributed by atoms with Crippen molar-refractivity contribution in [1.82, 2.24) is 24.4 Å². The molecule has 0 aromatic carbocycles. The highest BCUT2D eigenvalue weighted by atomic mass is 15.3. The Hall–Kier alpha value is -1.62. The lowest BCUT2D eigenvalue weighted by Gasteiger charge is -2.25. The molecule has 0 amide bonds. The number of nitrogens with one attached hydrogen (secondary N) is 1.